The van der Waals surface area contributed by atoms with Gasteiger partial charge in [0.25, 0.3) is 5.56 Å². The van der Waals surface area contributed by atoms with E-state index in [0.29, 0.717) is 26.5 Å². The van der Waals surface area contributed by atoms with Gasteiger partial charge in [0, 0.05) is 41.5 Å². The molecule has 0 aliphatic carbocycles. The first-order chi connectivity index (χ1) is 12.7. The number of fused-ring (bicyclic) bond motifs is 1. The van der Waals surface area contributed by atoms with Gasteiger partial charge < -0.3 is 0 Å². The Morgan fingerprint density at radius 1 is 1.22 bits per heavy atom. The number of pyridine rings is 1. The van der Waals surface area contributed by atoms with Crippen LogP contribution in [-0.4, -0.2) is 14.1 Å². The fraction of sp³-hybridized carbons (Fsp3) is 0.316. The van der Waals surface area contributed by atoms with Crippen LogP contribution in [-0.2, 0) is 19.8 Å². The van der Waals surface area contributed by atoms with Crippen LogP contribution in [0, 0.1) is 5.82 Å². The number of halogens is 2. The van der Waals surface area contributed by atoms with Gasteiger partial charge >= 0.3 is 5.69 Å². The van der Waals surface area contributed by atoms with Gasteiger partial charge in [-0.3, -0.25) is 13.9 Å². The number of nitrogens with zero attached hydrogens (tertiary/aromatic N) is 3. The Morgan fingerprint density at radius 3 is 2.56 bits per heavy atom. The van der Waals surface area contributed by atoms with Gasteiger partial charge in [-0.15, -0.1) is 11.8 Å². The van der Waals surface area contributed by atoms with Gasteiger partial charge in [0.15, 0.2) is 0 Å². The first-order valence-corrected chi connectivity index (χ1v) is 9.74. The van der Waals surface area contributed by atoms with Crippen molar-refractivity contribution in [2.45, 2.75) is 30.4 Å². The SMILES string of the molecule is CC(C)c1cnc2c(c1SCc1c(F)cccc1Cl)c(=O)n(C)c(=O)n2C. The molecule has 0 bridgehead atoms. The number of aromatic nitrogens is 3. The molecular formula is C19H19ClFN3O2S. The molecule has 142 valence electrons. The first-order valence-electron chi connectivity index (χ1n) is 8.38. The molecule has 2 aromatic heterocycles. The Balaban J connectivity index is 2.25. The Hall–Kier alpha value is -2.12. The van der Waals surface area contributed by atoms with Crippen molar-refractivity contribution in [1.82, 2.24) is 14.1 Å². The molecule has 2 heterocycles. The molecule has 3 aromatic rings. The Bertz CT molecular complexity index is 1130. The van der Waals surface area contributed by atoms with Gasteiger partial charge in [0.1, 0.15) is 11.5 Å². The quantitative estimate of drug-likeness (QED) is 0.616. The van der Waals surface area contributed by atoms with Gasteiger partial charge in [-0.2, -0.15) is 0 Å². The molecule has 27 heavy (non-hydrogen) atoms. The van der Waals surface area contributed by atoms with E-state index in [0.717, 1.165) is 10.1 Å². The molecule has 0 aliphatic rings. The molecular weight excluding hydrogens is 389 g/mol. The third kappa shape index (κ3) is 3.41. The molecule has 1 aromatic carbocycles. The lowest BCUT2D eigenvalue weighted by molar-refractivity contribution is 0.617. The maximum atomic E-state index is 14.2. The van der Waals surface area contributed by atoms with Crippen molar-refractivity contribution < 1.29 is 4.39 Å². The number of hydrogen-bond donors (Lipinski definition) is 0. The lowest BCUT2D eigenvalue weighted by atomic mass is 10.0. The van der Waals surface area contributed by atoms with E-state index in [4.69, 9.17) is 11.6 Å². The number of hydrogen-bond acceptors (Lipinski definition) is 4. The Kier molecular flexibility index (Phi) is 5.44. The average molecular weight is 408 g/mol. The predicted molar refractivity (Wildman–Crippen MR) is 107 cm³/mol. The van der Waals surface area contributed by atoms with Gasteiger partial charge in [-0.05, 0) is 23.6 Å². The predicted octanol–water partition coefficient (Wildman–Crippen LogP) is 3.84. The molecule has 0 fully saturated rings. The summed E-state index contributed by atoms with van der Waals surface area (Å²) in [5, 5.41) is 0.704. The molecule has 0 radical (unpaired) electrons. The zero-order chi connectivity index (χ0) is 19.9. The van der Waals surface area contributed by atoms with E-state index < -0.39 is 11.2 Å². The molecule has 0 saturated carbocycles. The molecule has 0 spiro atoms. The van der Waals surface area contributed by atoms with E-state index in [-0.39, 0.29) is 17.5 Å². The second-order valence-electron chi connectivity index (χ2n) is 6.59. The van der Waals surface area contributed by atoms with Gasteiger partial charge in [-0.25, -0.2) is 14.2 Å². The highest BCUT2D eigenvalue weighted by molar-refractivity contribution is 7.98. The first kappa shape index (κ1) is 19.6. The fourth-order valence-electron chi connectivity index (χ4n) is 2.90. The lowest BCUT2D eigenvalue weighted by Crippen LogP contribution is -2.37. The highest BCUT2D eigenvalue weighted by Crippen LogP contribution is 2.36. The van der Waals surface area contributed by atoms with Crippen molar-refractivity contribution in [3.63, 3.8) is 0 Å². The minimum absolute atomic E-state index is 0.0995. The summed E-state index contributed by atoms with van der Waals surface area (Å²) >= 11 is 7.47. The average Bonchev–Trinajstić information content (AvgIpc) is 2.63. The number of thioether (sulfide) groups is 1. The zero-order valence-corrected chi connectivity index (χ0v) is 17.0. The zero-order valence-electron chi connectivity index (χ0n) is 15.4. The molecule has 0 saturated heterocycles. The summed E-state index contributed by atoms with van der Waals surface area (Å²) in [5.74, 6) is -0.0294. The third-order valence-corrected chi connectivity index (χ3v) is 6.01. The second kappa shape index (κ2) is 7.48. The summed E-state index contributed by atoms with van der Waals surface area (Å²) in [6.07, 6.45) is 1.68. The Labute approximate surface area is 164 Å². The Morgan fingerprint density at radius 2 is 1.93 bits per heavy atom. The van der Waals surface area contributed by atoms with Crippen LogP contribution in [0.4, 0.5) is 4.39 Å². The summed E-state index contributed by atoms with van der Waals surface area (Å²) in [4.78, 5) is 30.1. The highest BCUT2D eigenvalue weighted by Gasteiger charge is 2.20. The second-order valence-corrected chi connectivity index (χ2v) is 7.98. The molecule has 0 aliphatic heterocycles. The summed E-state index contributed by atoms with van der Waals surface area (Å²) in [7, 11) is 3.02. The van der Waals surface area contributed by atoms with E-state index in [1.165, 1.54) is 29.4 Å². The molecule has 3 rings (SSSR count). The van der Waals surface area contributed by atoms with E-state index in [9.17, 15) is 14.0 Å². The van der Waals surface area contributed by atoms with Crippen molar-refractivity contribution in [2.24, 2.45) is 14.1 Å². The molecule has 5 nitrogen and oxygen atoms in total. The van der Waals surface area contributed by atoms with E-state index in [1.807, 2.05) is 13.8 Å². The van der Waals surface area contributed by atoms with Crippen LogP contribution in [0.15, 0.2) is 38.9 Å². The van der Waals surface area contributed by atoms with Crippen LogP contribution in [0.25, 0.3) is 11.0 Å². The summed E-state index contributed by atoms with van der Waals surface area (Å²) in [6.45, 7) is 3.99. The van der Waals surface area contributed by atoms with Crippen LogP contribution in [0.2, 0.25) is 5.02 Å². The largest absolute Gasteiger partial charge is 0.332 e. The van der Waals surface area contributed by atoms with Gasteiger partial charge in [-0.1, -0.05) is 31.5 Å². The number of rotatable bonds is 4. The highest BCUT2D eigenvalue weighted by atomic mass is 35.5. The van der Waals surface area contributed by atoms with E-state index in [1.54, 1.807) is 25.4 Å². The standard InChI is InChI=1S/C19H19ClFN3O2S/c1-10(2)11-8-22-17-15(18(25)24(4)19(26)23(17)3)16(11)27-9-12-13(20)6-5-7-14(12)21/h5-8,10H,9H2,1-4H3. The summed E-state index contributed by atoms with van der Waals surface area (Å²) in [6, 6.07) is 4.55. The normalized spacial score (nSPS) is 11.5. The van der Waals surface area contributed by atoms with Crippen molar-refractivity contribution in [1.29, 1.82) is 0 Å². The van der Waals surface area contributed by atoms with Crippen molar-refractivity contribution in [2.75, 3.05) is 0 Å². The minimum atomic E-state index is -0.439. The van der Waals surface area contributed by atoms with Crippen LogP contribution >= 0.6 is 23.4 Å². The topological polar surface area (TPSA) is 56.9 Å². The summed E-state index contributed by atoms with van der Waals surface area (Å²) in [5.41, 5.74) is 0.714. The van der Waals surface area contributed by atoms with Gasteiger partial charge in [0.2, 0.25) is 0 Å². The number of aryl methyl sites for hydroxylation is 1. The monoisotopic (exact) mass is 407 g/mol. The summed E-state index contributed by atoms with van der Waals surface area (Å²) < 4.78 is 16.6. The maximum Gasteiger partial charge on any atom is 0.332 e. The number of benzene rings is 1. The van der Waals surface area contributed by atoms with Crippen LogP contribution in [0.1, 0.15) is 30.9 Å². The van der Waals surface area contributed by atoms with E-state index >= 15 is 0 Å². The maximum absolute atomic E-state index is 14.2. The van der Waals surface area contributed by atoms with Crippen molar-refractivity contribution in [3.05, 3.63) is 67.2 Å². The molecule has 0 N–H and O–H groups in total. The van der Waals surface area contributed by atoms with Crippen LogP contribution in [0.3, 0.4) is 0 Å². The smallest absolute Gasteiger partial charge is 0.280 e. The van der Waals surface area contributed by atoms with Gasteiger partial charge in [0.05, 0.1) is 5.39 Å². The van der Waals surface area contributed by atoms with Crippen LogP contribution in [0.5, 0.6) is 0 Å². The molecule has 0 amide bonds. The molecule has 8 heteroatoms. The van der Waals surface area contributed by atoms with Crippen molar-refractivity contribution >= 4 is 34.4 Å². The van der Waals surface area contributed by atoms with Crippen molar-refractivity contribution in [3.8, 4) is 0 Å². The third-order valence-electron chi connectivity index (χ3n) is 4.49. The molecule has 0 unspecified atom stereocenters. The van der Waals surface area contributed by atoms with Crippen LogP contribution < -0.4 is 11.2 Å². The lowest BCUT2D eigenvalue weighted by Gasteiger charge is -2.16. The minimum Gasteiger partial charge on any atom is -0.280 e. The fourth-order valence-corrected chi connectivity index (χ4v) is 4.57. The molecule has 0 atom stereocenters. The van der Waals surface area contributed by atoms with E-state index in [2.05, 4.69) is 4.98 Å².